The fourth-order valence-corrected chi connectivity index (χ4v) is 3.62. The van der Waals surface area contributed by atoms with Crippen molar-refractivity contribution in [2.75, 3.05) is 13.2 Å². The second-order valence-corrected chi connectivity index (χ2v) is 7.56. The van der Waals surface area contributed by atoms with Crippen LogP contribution in [-0.2, 0) is 4.79 Å². The number of halogens is 2. The lowest BCUT2D eigenvalue weighted by Gasteiger charge is -2.30. The quantitative estimate of drug-likeness (QED) is 0.686. The van der Waals surface area contributed by atoms with Gasteiger partial charge in [0.25, 0.3) is 11.8 Å². The van der Waals surface area contributed by atoms with E-state index in [0.717, 1.165) is 31.7 Å². The van der Waals surface area contributed by atoms with E-state index in [9.17, 15) is 14.0 Å². The molecule has 8 heteroatoms. The van der Waals surface area contributed by atoms with Crippen LogP contribution in [-0.4, -0.2) is 35.5 Å². The van der Waals surface area contributed by atoms with Gasteiger partial charge in [0.15, 0.2) is 6.61 Å². The van der Waals surface area contributed by atoms with Crippen molar-refractivity contribution in [2.45, 2.75) is 37.6 Å². The standard InChI is InChI=1S/C21H23ClFN3O3/c22-17-6-5-16(12-18(17)23)29-14-19(27)25-11-9-21(7-1-2-8-21)26-20(28)15-4-3-10-24-13-15/h3-6,10,12-13H,1-2,7-9,11,14H2,(H,25,27)(H,26,28). The number of benzene rings is 1. The minimum Gasteiger partial charge on any atom is -0.484 e. The summed E-state index contributed by atoms with van der Waals surface area (Å²) in [5.41, 5.74) is 0.187. The Morgan fingerprint density at radius 3 is 2.72 bits per heavy atom. The summed E-state index contributed by atoms with van der Waals surface area (Å²) in [4.78, 5) is 28.5. The number of amides is 2. The first-order valence-electron chi connectivity index (χ1n) is 9.55. The normalized spacial score (nSPS) is 15.0. The van der Waals surface area contributed by atoms with Crippen LogP contribution in [0.3, 0.4) is 0 Å². The molecule has 1 aromatic heterocycles. The number of hydrogen-bond acceptors (Lipinski definition) is 4. The first-order valence-corrected chi connectivity index (χ1v) is 9.92. The summed E-state index contributed by atoms with van der Waals surface area (Å²) >= 11 is 5.62. The van der Waals surface area contributed by atoms with Gasteiger partial charge in [-0.1, -0.05) is 24.4 Å². The average Bonchev–Trinajstić information content (AvgIpc) is 3.18. The molecule has 0 unspecified atom stereocenters. The third-order valence-corrected chi connectivity index (χ3v) is 5.36. The molecule has 1 aliphatic rings. The Labute approximate surface area is 173 Å². The molecule has 2 amide bonds. The van der Waals surface area contributed by atoms with Crippen LogP contribution in [0.4, 0.5) is 4.39 Å². The van der Waals surface area contributed by atoms with Crippen LogP contribution < -0.4 is 15.4 Å². The fourth-order valence-electron chi connectivity index (χ4n) is 3.51. The van der Waals surface area contributed by atoms with Crippen LogP contribution in [0.25, 0.3) is 0 Å². The summed E-state index contributed by atoms with van der Waals surface area (Å²) in [5, 5.41) is 5.93. The van der Waals surface area contributed by atoms with Crippen LogP contribution in [0.15, 0.2) is 42.7 Å². The Hall–Kier alpha value is -2.67. The van der Waals surface area contributed by atoms with Gasteiger partial charge in [0.05, 0.1) is 10.6 Å². The van der Waals surface area contributed by atoms with Crippen molar-refractivity contribution in [3.05, 3.63) is 59.1 Å². The van der Waals surface area contributed by atoms with Crippen molar-refractivity contribution in [2.24, 2.45) is 0 Å². The number of carbonyl (C=O) groups is 2. The van der Waals surface area contributed by atoms with E-state index in [1.807, 2.05) is 0 Å². The SMILES string of the molecule is O=C(COc1ccc(Cl)c(F)c1)NCCC1(NC(=O)c2cccnc2)CCCC1. The van der Waals surface area contributed by atoms with E-state index in [2.05, 4.69) is 15.6 Å². The molecule has 0 bridgehead atoms. The van der Waals surface area contributed by atoms with Gasteiger partial charge in [-0.2, -0.15) is 0 Å². The maximum Gasteiger partial charge on any atom is 0.257 e. The summed E-state index contributed by atoms with van der Waals surface area (Å²) in [7, 11) is 0. The maximum atomic E-state index is 13.4. The van der Waals surface area contributed by atoms with E-state index >= 15 is 0 Å². The van der Waals surface area contributed by atoms with Gasteiger partial charge >= 0.3 is 0 Å². The molecule has 6 nitrogen and oxygen atoms in total. The van der Waals surface area contributed by atoms with E-state index in [1.54, 1.807) is 18.3 Å². The largest absolute Gasteiger partial charge is 0.484 e. The second-order valence-electron chi connectivity index (χ2n) is 7.15. The van der Waals surface area contributed by atoms with E-state index in [0.29, 0.717) is 18.5 Å². The maximum absolute atomic E-state index is 13.4. The van der Waals surface area contributed by atoms with Gasteiger partial charge in [-0.3, -0.25) is 14.6 Å². The first kappa shape index (κ1) is 21.0. The number of carbonyl (C=O) groups excluding carboxylic acids is 2. The molecule has 0 saturated heterocycles. The molecule has 154 valence electrons. The molecule has 1 heterocycles. The molecule has 3 rings (SSSR count). The topological polar surface area (TPSA) is 80.3 Å². The molecule has 0 radical (unpaired) electrons. The number of hydrogen-bond donors (Lipinski definition) is 2. The third-order valence-electron chi connectivity index (χ3n) is 5.05. The molecule has 1 saturated carbocycles. The number of pyridine rings is 1. The van der Waals surface area contributed by atoms with Crippen LogP contribution >= 0.6 is 11.6 Å². The van der Waals surface area contributed by atoms with Crippen LogP contribution in [0.1, 0.15) is 42.5 Å². The van der Waals surface area contributed by atoms with Crippen LogP contribution in [0, 0.1) is 5.82 Å². The van der Waals surface area contributed by atoms with Crippen molar-refractivity contribution >= 4 is 23.4 Å². The molecule has 0 atom stereocenters. The van der Waals surface area contributed by atoms with E-state index in [4.69, 9.17) is 16.3 Å². The highest BCUT2D eigenvalue weighted by Crippen LogP contribution is 2.32. The summed E-state index contributed by atoms with van der Waals surface area (Å²) in [5.74, 6) is -0.832. The lowest BCUT2D eigenvalue weighted by molar-refractivity contribution is -0.123. The molecular weight excluding hydrogens is 397 g/mol. The van der Waals surface area contributed by atoms with Gasteiger partial charge < -0.3 is 15.4 Å². The van der Waals surface area contributed by atoms with E-state index in [1.165, 1.54) is 18.3 Å². The number of rotatable bonds is 8. The molecule has 29 heavy (non-hydrogen) atoms. The molecule has 1 aliphatic carbocycles. The summed E-state index contributed by atoms with van der Waals surface area (Å²) in [6, 6.07) is 7.46. The molecule has 1 aromatic carbocycles. The van der Waals surface area contributed by atoms with E-state index in [-0.39, 0.29) is 34.7 Å². The Morgan fingerprint density at radius 2 is 2.03 bits per heavy atom. The van der Waals surface area contributed by atoms with Crippen molar-refractivity contribution < 1.29 is 18.7 Å². The molecule has 1 fully saturated rings. The lowest BCUT2D eigenvalue weighted by Crippen LogP contribution is -2.48. The van der Waals surface area contributed by atoms with Crippen molar-refractivity contribution in [3.8, 4) is 5.75 Å². The smallest absolute Gasteiger partial charge is 0.257 e. The van der Waals surface area contributed by atoms with Crippen LogP contribution in [0.2, 0.25) is 5.02 Å². The number of aromatic nitrogens is 1. The third kappa shape index (κ3) is 5.90. The highest BCUT2D eigenvalue weighted by molar-refractivity contribution is 6.30. The zero-order chi connectivity index (χ0) is 20.7. The lowest BCUT2D eigenvalue weighted by atomic mass is 9.92. The van der Waals surface area contributed by atoms with Crippen molar-refractivity contribution in [1.29, 1.82) is 0 Å². The van der Waals surface area contributed by atoms with Gasteiger partial charge in [-0.15, -0.1) is 0 Å². The van der Waals surface area contributed by atoms with E-state index < -0.39 is 5.82 Å². The zero-order valence-electron chi connectivity index (χ0n) is 15.9. The average molecular weight is 420 g/mol. The van der Waals surface area contributed by atoms with Gasteiger partial charge in [0.1, 0.15) is 11.6 Å². The van der Waals surface area contributed by atoms with Gasteiger partial charge in [-0.25, -0.2) is 4.39 Å². The van der Waals surface area contributed by atoms with Gasteiger partial charge in [0, 0.05) is 30.5 Å². The Balaban J connectivity index is 1.47. The fraction of sp³-hybridized carbons (Fsp3) is 0.381. The molecule has 0 aliphatic heterocycles. The first-order chi connectivity index (χ1) is 14.0. The number of ether oxygens (including phenoxy) is 1. The highest BCUT2D eigenvalue weighted by Gasteiger charge is 2.35. The van der Waals surface area contributed by atoms with Crippen molar-refractivity contribution in [1.82, 2.24) is 15.6 Å². The monoisotopic (exact) mass is 419 g/mol. The zero-order valence-corrected chi connectivity index (χ0v) is 16.7. The molecular formula is C21H23ClFN3O3. The Kier molecular flexibility index (Phi) is 7.04. The summed E-state index contributed by atoms with van der Waals surface area (Å²) < 4.78 is 18.7. The second kappa shape index (κ2) is 9.69. The Bertz CT molecular complexity index is 858. The highest BCUT2D eigenvalue weighted by atomic mass is 35.5. The summed E-state index contributed by atoms with van der Waals surface area (Å²) in [6.45, 7) is 0.181. The number of nitrogens with one attached hydrogen (secondary N) is 2. The predicted octanol–water partition coefficient (Wildman–Crippen LogP) is 3.50. The number of nitrogens with zero attached hydrogens (tertiary/aromatic N) is 1. The summed E-state index contributed by atoms with van der Waals surface area (Å²) in [6.07, 6.45) is 7.60. The van der Waals surface area contributed by atoms with Crippen LogP contribution in [0.5, 0.6) is 5.75 Å². The molecule has 2 N–H and O–H groups in total. The molecule has 0 spiro atoms. The minimum atomic E-state index is -0.600. The Morgan fingerprint density at radius 1 is 1.24 bits per heavy atom. The minimum absolute atomic E-state index is 0.00278. The predicted molar refractivity (Wildman–Crippen MR) is 107 cm³/mol. The molecule has 2 aromatic rings. The van der Waals surface area contributed by atoms with Gasteiger partial charge in [-0.05, 0) is 43.5 Å². The van der Waals surface area contributed by atoms with Gasteiger partial charge in [0.2, 0.25) is 0 Å². The van der Waals surface area contributed by atoms with Crippen molar-refractivity contribution in [3.63, 3.8) is 0 Å².